The highest BCUT2D eigenvalue weighted by Gasteiger charge is 2.25. The van der Waals surface area contributed by atoms with E-state index in [2.05, 4.69) is 5.92 Å². The quantitative estimate of drug-likeness (QED) is 0.788. The average molecular weight is 233 g/mol. The molecule has 0 amide bonds. The number of rotatable bonds is 5. The van der Waals surface area contributed by atoms with Crippen LogP contribution in [0.25, 0.3) is 0 Å². The molecule has 0 radical (unpaired) electrons. The molecule has 1 fully saturated rings. The van der Waals surface area contributed by atoms with Crippen LogP contribution in [0.15, 0.2) is 18.2 Å². The van der Waals surface area contributed by atoms with Gasteiger partial charge in [0.15, 0.2) is 0 Å². The predicted molar refractivity (Wildman–Crippen MR) is 66.1 cm³/mol. The molecular formula is C14H16FNO. The first-order valence-electron chi connectivity index (χ1n) is 5.82. The maximum absolute atomic E-state index is 13.1. The second-order valence-electron chi connectivity index (χ2n) is 4.46. The van der Waals surface area contributed by atoms with Crippen LogP contribution in [0, 0.1) is 24.1 Å². The van der Waals surface area contributed by atoms with Crippen LogP contribution in [0.5, 0.6) is 0 Å². The molecule has 0 unspecified atom stereocenters. The minimum atomic E-state index is -0.329. The molecule has 1 N–H and O–H groups in total. The number of halogens is 1. The Balaban J connectivity index is 2.23. The van der Waals surface area contributed by atoms with Gasteiger partial charge < -0.3 is 10.0 Å². The molecule has 1 aromatic carbocycles. The summed E-state index contributed by atoms with van der Waals surface area (Å²) in [5.41, 5.74) is 1.44. The van der Waals surface area contributed by atoms with Crippen molar-refractivity contribution in [3.05, 3.63) is 29.6 Å². The third-order valence-electron chi connectivity index (χ3n) is 3.01. The SMILES string of the molecule is C#CCN(CC1CC1)c1ccc(F)cc1CO. The van der Waals surface area contributed by atoms with Crippen LogP contribution < -0.4 is 4.90 Å². The largest absolute Gasteiger partial charge is 0.392 e. The molecule has 1 aliphatic carbocycles. The first-order chi connectivity index (χ1) is 8.24. The van der Waals surface area contributed by atoms with Crippen LogP contribution in [-0.2, 0) is 6.61 Å². The number of anilines is 1. The Morgan fingerprint density at radius 3 is 2.82 bits per heavy atom. The first-order valence-corrected chi connectivity index (χ1v) is 5.82. The lowest BCUT2D eigenvalue weighted by Crippen LogP contribution is -2.27. The number of aliphatic hydroxyl groups excluding tert-OH is 1. The van der Waals surface area contributed by atoms with Gasteiger partial charge >= 0.3 is 0 Å². The normalized spacial score (nSPS) is 14.4. The summed E-state index contributed by atoms with van der Waals surface area (Å²) >= 11 is 0. The number of hydrogen-bond acceptors (Lipinski definition) is 2. The van der Waals surface area contributed by atoms with Crippen molar-refractivity contribution in [3.63, 3.8) is 0 Å². The summed E-state index contributed by atoms with van der Waals surface area (Å²) in [5.74, 6) is 2.98. The third-order valence-corrected chi connectivity index (χ3v) is 3.01. The second-order valence-corrected chi connectivity index (χ2v) is 4.46. The molecule has 3 heteroatoms. The number of hydrogen-bond donors (Lipinski definition) is 1. The van der Waals surface area contributed by atoms with E-state index in [0.717, 1.165) is 12.2 Å². The van der Waals surface area contributed by atoms with Crippen LogP contribution in [0.1, 0.15) is 18.4 Å². The highest BCUT2D eigenvalue weighted by atomic mass is 19.1. The van der Waals surface area contributed by atoms with E-state index in [4.69, 9.17) is 6.42 Å². The molecule has 1 aromatic rings. The van der Waals surface area contributed by atoms with E-state index in [-0.39, 0.29) is 12.4 Å². The van der Waals surface area contributed by atoms with Crippen LogP contribution in [0.4, 0.5) is 10.1 Å². The molecule has 17 heavy (non-hydrogen) atoms. The molecule has 0 saturated heterocycles. The summed E-state index contributed by atoms with van der Waals surface area (Å²) in [6, 6.07) is 4.47. The van der Waals surface area contributed by atoms with Gasteiger partial charge in [-0.2, -0.15) is 0 Å². The monoisotopic (exact) mass is 233 g/mol. The molecule has 0 spiro atoms. The van der Waals surface area contributed by atoms with Gasteiger partial charge in [-0.05, 0) is 37.0 Å². The fourth-order valence-electron chi connectivity index (χ4n) is 1.96. The third kappa shape index (κ3) is 2.98. The van der Waals surface area contributed by atoms with Gasteiger partial charge in [0, 0.05) is 17.8 Å². The lowest BCUT2D eigenvalue weighted by Gasteiger charge is -2.24. The van der Waals surface area contributed by atoms with Gasteiger partial charge in [-0.3, -0.25) is 0 Å². The summed E-state index contributed by atoms with van der Waals surface area (Å²) in [6.45, 7) is 1.22. The number of aliphatic hydroxyl groups is 1. The van der Waals surface area contributed by atoms with Gasteiger partial charge in [-0.15, -0.1) is 6.42 Å². The van der Waals surface area contributed by atoms with Crippen molar-refractivity contribution in [2.45, 2.75) is 19.4 Å². The molecule has 2 nitrogen and oxygen atoms in total. The topological polar surface area (TPSA) is 23.5 Å². The minimum Gasteiger partial charge on any atom is -0.392 e. The van der Waals surface area contributed by atoms with Crippen molar-refractivity contribution >= 4 is 5.69 Å². The van der Waals surface area contributed by atoms with Gasteiger partial charge in [0.2, 0.25) is 0 Å². The molecule has 1 aliphatic rings. The van der Waals surface area contributed by atoms with E-state index in [1.807, 2.05) is 4.90 Å². The first kappa shape index (κ1) is 11.9. The zero-order valence-corrected chi connectivity index (χ0v) is 9.69. The van der Waals surface area contributed by atoms with E-state index >= 15 is 0 Å². The second kappa shape index (κ2) is 5.20. The summed E-state index contributed by atoms with van der Waals surface area (Å²) in [4.78, 5) is 2.04. The van der Waals surface area contributed by atoms with Gasteiger partial charge in [0.25, 0.3) is 0 Å². The summed E-state index contributed by atoms with van der Waals surface area (Å²) < 4.78 is 13.1. The number of nitrogens with zero attached hydrogens (tertiary/aromatic N) is 1. The molecule has 1 saturated carbocycles. The molecule has 0 atom stereocenters. The molecule has 0 bridgehead atoms. The zero-order valence-electron chi connectivity index (χ0n) is 9.69. The van der Waals surface area contributed by atoms with Crippen LogP contribution in [-0.4, -0.2) is 18.2 Å². The Morgan fingerprint density at radius 1 is 1.47 bits per heavy atom. The Kier molecular flexibility index (Phi) is 3.65. The van der Waals surface area contributed by atoms with Crippen molar-refractivity contribution in [3.8, 4) is 12.3 Å². The number of benzene rings is 1. The molecule has 2 rings (SSSR count). The maximum Gasteiger partial charge on any atom is 0.123 e. The Morgan fingerprint density at radius 2 is 2.24 bits per heavy atom. The van der Waals surface area contributed by atoms with Crippen molar-refractivity contribution in [1.82, 2.24) is 0 Å². The fraction of sp³-hybridized carbons (Fsp3) is 0.429. The Bertz CT molecular complexity index is 434. The van der Waals surface area contributed by atoms with Crippen LogP contribution >= 0.6 is 0 Å². The highest BCUT2D eigenvalue weighted by Crippen LogP contribution is 2.32. The van der Waals surface area contributed by atoms with Crippen molar-refractivity contribution in [2.24, 2.45) is 5.92 Å². The summed E-state index contributed by atoms with van der Waals surface area (Å²) in [7, 11) is 0. The van der Waals surface area contributed by atoms with E-state index in [1.54, 1.807) is 6.07 Å². The average Bonchev–Trinajstić information content (AvgIpc) is 3.12. The van der Waals surface area contributed by atoms with E-state index in [9.17, 15) is 9.50 Å². The number of terminal acetylenes is 1. The smallest absolute Gasteiger partial charge is 0.123 e. The Hall–Kier alpha value is -1.53. The standard InChI is InChI=1S/C14H16FNO/c1-2-7-16(9-11-3-4-11)14-6-5-13(15)8-12(14)10-17/h1,5-6,8,11,17H,3-4,7,9-10H2. The minimum absolute atomic E-state index is 0.168. The van der Waals surface area contributed by atoms with E-state index < -0.39 is 0 Å². The van der Waals surface area contributed by atoms with E-state index in [0.29, 0.717) is 18.0 Å². The van der Waals surface area contributed by atoms with Crippen molar-refractivity contribution < 1.29 is 9.50 Å². The van der Waals surface area contributed by atoms with Gasteiger partial charge in [-0.25, -0.2) is 4.39 Å². The molecule has 0 aliphatic heterocycles. The van der Waals surface area contributed by atoms with Gasteiger partial charge in [0.05, 0.1) is 13.2 Å². The van der Waals surface area contributed by atoms with Gasteiger partial charge in [0.1, 0.15) is 5.82 Å². The molecular weight excluding hydrogens is 217 g/mol. The summed E-state index contributed by atoms with van der Waals surface area (Å²) in [5, 5.41) is 9.26. The molecule has 90 valence electrons. The van der Waals surface area contributed by atoms with E-state index in [1.165, 1.54) is 25.0 Å². The molecule has 0 aromatic heterocycles. The predicted octanol–water partition coefficient (Wildman–Crippen LogP) is 2.17. The van der Waals surface area contributed by atoms with Crippen molar-refractivity contribution in [1.29, 1.82) is 0 Å². The highest BCUT2D eigenvalue weighted by molar-refractivity contribution is 5.54. The zero-order chi connectivity index (χ0) is 12.3. The maximum atomic E-state index is 13.1. The lowest BCUT2D eigenvalue weighted by molar-refractivity contribution is 0.281. The summed E-state index contributed by atoms with van der Waals surface area (Å²) in [6.07, 6.45) is 7.82. The van der Waals surface area contributed by atoms with Gasteiger partial charge in [-0.1, -0.05) is 5.92 Å². The fourth-order valence-corrected chi connectivity index (χ4v) is 1.96. The molecule has 0 heterocycles. The lowest BCUT2D eigenvalue weighted by atomic mass is 10.1. The van der Waals surface area contributed by atoms with Crippen molar-refractivity contribution in [2.75, 3.05) is 18.0 Å². The Labute approximate surface area is 101 Å². The van der Waals surface area contributed by atoms with Crippen LogP contribution in [0.2, 0.25) is 0 Å². The van der Waals surface area contributed by atoms with Crippen LogP contribution in [0.3, 0.4) is 0 Å².